The van der Waals surface area contributed by atoms with Crippen LogP contribution in [0.4, 0.5) is 0 Å². The molecule has 0 aromatic heterocycles. The number of aliphatic hydroxyl groups is 1. The van der Waals surface area contributed by atoms with Crippen LogP contribution in [0.2, 0.25) is 0 Å². The summed E-state index contributed by atoms with van der Waals surface area (Å²) in [5.41, 5.74) is 3.79. The summed E-state index contributed by atoms with van der Waals surface area (Å²) in [6, 6.07) is 16.3. The molecule has 0 saturated carbocycles. The molecule has 1 aliphatic rings. The molecule has 0 aliphatic carbocycles. The molecule has 4 heteroatoms. The van der Waals surface area contributed by atoms with Crippen LogP contribution in [0.1, 0.15) is 16.7 Å². The van der Waals surface area contributed by atoms with E-state index in [9.17, 15) is 5.11 Å². The van der Waals surface area contributed by atoms with Crippen LogP contribution in [0.15, 0.2) is 48.5 Å². The van der Waals surface area contributed by atoms with E-state index in [4.69, 9.17) is 9.47 Å². The van der Waals surface area contributed by atoms with Crippen LogP contribution in [0.25, 0.3) is 0 Å². The lowest BCUT2D eigenvalue weighted by Gasteiger charge is -2.30. The third-order valence-electron chi connectivity index (χ3n) is 4.44. The first kappa shape index (κ1) is 17.0. The minimum atomic E-state index is -0.482. The fourth-order valence-corrected chi connectivity index (χ4v) is 3.19. The molecule has 0 bridgehead atoms. The lowest BCUT2D eigenvalue weighted by molar-refractivity contribution is 0.00727. The predicted molar refractivity (Wildman–Crippen MR) is 94.1 cm³/mol. The van der Waals surface area contributed by atoms with Crippen LogP contribution in [0.3, 0.4) is 0 Å². The zero-order chi connectivity index (χ0) is 16.8. The molecule has 0 spiro atoms. The average molecular weight is 327 g/mol. The van der Waals surface area contributed by atoms with E-state index in [2.05, 4.69) is 29.2 Å². The van der Waals surface area contributed by atoms with Gasteiger partial charge in [0.25, 0.3) is 0 Å². The molecule has 1 atom stereocenters. The molecular formula is C20H25NO3. The molecule has 128 valence electrons. The van der Waals surface area contributed by atoms with Crippen molar-refractivity contribution >= 4 is 0 Å². The molecule has 2 aromatic rings. The molecule has 1 heterocycles. The molecule has 0 radical (unpaired) electrons. The van der Waals surface area contributed by atoms with Crippen LogP contribution >= 0.6 is 0 Å². The molecule has 4 nitrogen and oxygen atoms in total. The highest BCUT2D eigenvalue weighted by atomic mass is 16.5. The van der Waals surface area contributed by atoms with Crippen LogP contribution < -0.4 is 4.74 Å². The number of hydrogen-bond acceptors (Lipinski definition) is 4. The minimum Gasteiger partial charge on any atom is -0.496 e. The Balaban J connectivity index is 1.44. The largest absolute Gasteiger partial charge is 0.496 e. The summed E-state index contributed by atoms with van der Waals surface area (Å²) in [4.78, 5) is 2.29. The van der Waals surface area contributed by atoms with Crippen LogP contribution in [-0.4, -0.2) is 42.9 Å². The van der Waals surface area contributed by atoms with Gasteiger partial charge >= 0.3 is 0 Å². The number of fused-ring (bicyclic) bond motifs is 1. The number of nitrogens with zero attached hydrogens (tertiary/aromatic N) is 1. The lowest BCUT2D eigenvalue weighted by atomic mass is 10.00. The summed E-state index contributed by atoms with van der Waals surface area (Å²) in [5.74, 6) is 0.819. The Morgan fingerprint density at radius 3 is 2.67 bits per heavy atom. The van der Waals surface area contributed by atoms with Crippen molar-refractivity contribution in [3.05, 3.63) is 65.2 Å². The maximum Gasteiger partial charge on any atom is 0.124 e. The van der Waals surface area contributed by atoms with Crippen LogP contribution in [-0.2, 0) is 24.3 Å². The fraction of sp³-hybridized carbons (Fsp3) is 0.400. The molecule has 1 aliphatic heterocycles. The molecule has 0 amide bonds. The van der Waals surface area contributed by atoms with Gasteiger partial charge in [0.2, 0.25) is 0 Å². The second kappa shape index (κ2) is 8.29. The Kier molecular flexibility index (Phi) is 5.86. The van der Waals surface area contributed by atoms with Gasteiger partial charge in [0.05, 0.1) is 26.4 Å². The van der Waals surface area contributed by atoms with Crippen molar-refractivity contribution in [3.8, 4) is 5.75 Å². The summed E-state index contributed by atoms with van der Waals surface area (Å²) >= 11 is 0. The Hall–Kier alpha value is -1.88. The Labute approximate surface area is 143 Å². The van der Waals surface area contributed by atoms with Gasteiger partial charge in [0.15, 0.2) is 0 Å². The van der Waals surface area contributed by atoms with E-state index in [1.807, 2.05) is 24.3 Å². The highest BCUT2D eigenvalue weighted by molar-refractivity contribution is 5.32. The molecule has 0 saturated heterocycles. The Morgan fingerprint density at radius 1 is 1.08 bits per heavy atom. The smallest absolute Gasteiger partial charge is 0.124 e. The Bertz CT molecular complexity index is 659. The topological polar surface area (TPSA) is 41.9 Å². The molecule has 3 rings (SSSR count). The Morgan fingerprint density at radius 2 is 1.83 bits per heavy atom. The average Bonchev–Trinajstić information content (AvgIpc) is 2.62. The van der Waals surface area contributed by atoms with Gasteiger partial charge in [0, 0.05) is 25.2 Å². The number of para-hydroxylation sites is 1. The molecule has 0 fully saturated rings. The second-order valence-corrected chi connectivity index (χ2v) is 6.23. The minimum absolute atomic E-state index is 0.330. The lowest BCUT2D eigenvalue weighted by Crippen LogP contribution is -2.38. The number of ether oxygens (including phenoxy) is 2. The van der Waals surface area contributed by atoms with Gasteiger partial charge in [-0.3, -0.25) is 4.90 Å². The van der Waals surface area contributed by atoms with E-state index in [1.165, 1.54) is 11.1 Å². The number of benzene rings is 2. The summed E-state index contributed by atoms with van der Waals surface area (Å²) in [6.45, 7) is 3.31. The normalized spacial score (nSPS) is 15.8. The van der Waals surface area contributed by atoms with E-state index in [0.717, 1.165) is 30.8 Å². The zero-order valence-electron chi connectivity index (χ0n) is 14.1. The third-order valence-corrected chi connectivity index (χ3v) is 4.44. The van der Waals surface area contributed by atoms with E-state index in [1.54, 1.807) is 7.11 Å². The van der Waals surface area contributed by atoms with Crippen LogP contribution in [0, 0.1) is 0 Å². The number of hydrogen-bond donors (Lipinski definition) is 1. The zero-order valence-corrected chi connectivity index (χ0v) is 14.1. The number of aliphatic hydroxyl groups excluding tert-OH is 1. The molecule has 24 heavy (non-hydrogen) atoms. The fourth-order valence-electron chi connectivity index (χ4n) is 3.19. The van der Waals surface area contributed by atoms with Crippen molar-refractivity contribution in [2.24, 2.45) is 0 Å². The van der Waals surface area contributed by atoms with Gasteiger partial charge < -0.3 is 14.6 Å². The van der Waals surface area contributed by atoms with Crippen molar-refractivity contribution in [1.82, 2.24) is 4.90 Å². The summed E-state index contributed by atoms with van der Waals surface area (Å²) in [6.07, 6.45) is 0.565. The number of β-amino-alcohol motifs (C(OH)–C–C–N with tert-alkyl or cyclic N) is 1. The molecule has 1 N–H and O–H groups in total. The number of methoxy groups -OCH3 is 1. The summed E-state index contributed by atoms with van der Waals surface area (Å²) in [7, 11) is 1.65. The van der Waals surface area contributed by atoms with Crippen molar-refractivity contribution in [3.63, 3.8) is 0 Å². The maximum absolute atomic E-state index is 10.3. The van der Waals surface area contributed by atoms with Crippen LogP contribution in [0.5, 0.6) is 5.75 Å². The summed E-state index contributed by atoms with van der Waals surface area (Å²) < 4.78 is 11.0. The monoisotopic (exact) mass is 327 g/mol. The predicted octanol–water partition coefficient (Wildman–Crippen LogP) is 2.63. The maximum atomic E-state index is 10.3. The molecule has 2 aromatic carbocycles. The first-order valence-corrected chi connectivity index (χ1v) is 8.43. The molecule has 1 unspecified atom stereocenters. The second-order valence-electron chi connectivity index (χ2n) is 6.23. The number of rotatable bonds is 7. The summed E-state index contributed by atoms with van der Waals surface area (Å²) in [5, 5.41) is 10.3. The van der Waals surface area contributed by atoms with E-state index >= 15 is 0 Å². The van der Waals surface area contributed by atoms with Gasteiger partial charge in [0.1, 0.15) is 5.75 Å². The molecular weight excluding hydrogens is 302 g/mol. The van der Waals surface area contributed by atoms with Crippen molar-refractivity contribution in [2.45, 2.75) is 25.7 Å². The van der Waals surface area contributed by atoms with Crippen molar-refractivity contribution in [2.75, 3.05) is 26.8 Å². The SMILES string of the molecule is COc1ccccc1COCC(O)CN1CCc2ccccc2C1. The first-order valence-electron chi connectivity index (χ1n) is 8.43. The first-order chi connectivity index (χ1) is 11.8. The van der Waals surface area contributed by atoms with E-state index in [0.29, 0.717) is 19.8 Å². The van der Waals surface area contributed by atoms with Gasteiger partial charge in [-0.25, -0.2) is 0 Å². The third kappa shape index (κ3) is 4.35. The highest BCUT2D eigenvalue weighted by Crippen LogP contribution is 2.19. The van der Waals surface area contributed by atoms with E-state index in [-0.39, 0.29) is 0 Å². The van der Waals surface area contributed by atoms with E-state index < -0.39 is 6.10 Å². The highest BCUT2D eigenvalue weighted by Gasteiger charge is 2.18. The quantitative estimate of drug-likeness (QED) is 0.849. The van der Waals surface area contributed by atoms with Crippen molar-refractivity contribution in [1.29, 1.82) is 0 Å². The van der Waals surface area contributed by atoms with Gasteiger partial charge in [-0.2, -0.15) is 0 Å². The standard InChI is InChI=1S/C20H25NO3/c1-23-20-9-5-4-8-18(20)14-24-15-19(22)13-21-11-10-16-6-2-3-7-17(16)12-21/h2-9,19,22H,10-15H2,1H3. The van der Waals surface area contributed by atoms with Gasteiger partial charge in [-0.15, -0.1) is 0 Å². The van der Waals surface area contributed by atoms with Gasteiger partial charge in [-0.05, 0) is 23.6 Å². The van der Waals surface area contributed by atoms with Gasteiger partial charge in [-0.1, -0.05) is 42.5 Å². The van der Waals surface area contributed by atoms with Crippen molar-refractivity contribution < 1.29 is 14.6 Å².